The third kappa shape index (κ3) is 5.14. The molecule has 13 heteroatoms. The summed E-state index contributed by atoms with van der Waals surface area (Å²) in [6.45, 7) is 6.85. The van der Waals surface area contributed by atoms with Gasteiger partial charge in [0.1, 0.15) is 31.5 Å². The molecule has 0 bridgehead atoms. The number of benzene rings is 2. The van der Waals surface area contributed by atoms with Crippen LogP contribution in [0.15, 0.2) is 48.9 Å². The van der Waals surface area contributed by atoms with E-state index in [0.717, 1.165) is 4.68 Å². The molecule has 4 aromatic rings. The van der Waals surface area contributed by atoms with Crippen molar-refractivity contribution >= 4 is 41.9 Å². The predicted molar refractivity (Wildman–Crippen MR) is 142 cm³/mol. The average Bonchev–Trinajstić information content (AvgIpc) is 3.53. The minimum absolute atomic E-state index is 0.0104. The van der Waals surface area contributed by atoms with Crippen molar-refractivity contribution in [1.82, 2.24) is 25.0 Å². The fraction of sp³-hybridized carbons (Fsp3) is 0.385. The molecule has 0 saturated heterocycles. The van der Waals surface area contributed by atoms with E-state index in [4.69, 9.17) is 19.4 Å². The van der Waals surface area contributed by atoms with Gasteiger partial charge in [-0.25, -0.2) is 19.0 Å². The van der Waals surface area contributed by atoms with Gasteiger partial charge in [-0.05, 0) is 48.1 Å². The summed E-state index contributed by atoms with van der Waals surface area (Å²) < 4.78 is 55.9. The maximum atomic E-state index is 13.8. The van der Waals surface area contributed by atoms with E-state index in [0.29, 0.717) is 39.5 Å². The minimum atomic E-state index is -4.50. The molecular formula is C26H25BClF4N7. The molecule has 39 heavy (non-hydrogen) atoms. The van der Waals surface area contributed by atoms with Crippen LogP contribution in [0.4, 0.5) is 29.1 Å². The van der Waals surface area contributed by atoms with Crippen LogP contribution >= 0.6 is 11.6 Å². The number of fused-ring (bicyclic) bond motifs is 1. The molecule has 7 nitrogen and oxygen atoms in total. The van der Waals surface area contributed by atoms with Gasteiger partial charge in [-0.2, -0.15) is 13.2 Å². The van der Waals surface area contributed by atoms with Crippen molar-refractivity contribution in [3.8, 4) is 0 Å². The third-order valence-corrected chi connectivity index (χ3v) is 6.99. The SMILES string of the molecule is [B]C(Nc1cc(Cl)c2ncnc(NCC(C)(C)C)c2c1)(c1ccc(F)cc1)c1cn(C2(C(F)(F)F)CC2)nn1. The Morgan fingerprint density at radius 1 is 1.08 bits per heavy atom. The zero-order valence-corrected chi connectivity index (χ0v) is 22.2. The molecule has 0 amide bonds. The number of rotatable bonds is 7. The molecule has 0 spiro atoms. The quantitative estimate of drug-likeness (QED) is 0.214. The van der Waals surface area contributed by atoms with Crippen LogP contribution in [-0.4, -0.2) is 45.5 Å². The zero-order valence-electron chi connectivity index (χ0n) is 21.4. The van der Waals surface area contributed by atoms with Crippen LogP contribution in [-0.2, 0) is 11.0 Å². The normalized spacial score (nSPS) is 16.6. The van der Waals surface area contributed by atoms with E-state index in [-0.39, 0.29) is 24.0 Å². The lowest BCUT2D eigenvalue weighted by atomic mass is 9.69. The minimum Gasteiger partial charge on any atom is -0.378 e. The highest BCUT2D eigenvalue weighted by Gasteiger charge is 2.66. The second kappa shape index (κ2) is 9.36. The van der Waals surface area contributed by atoms with Crippen molar-refractivity contribution in [2.75, 3.05) is 17.2 Å². The molecule has 1 fully saturated rings. The smallest absolute Gasteiger partial charge is 0.378 e. The van der Waals surface area contributed by atoms with E-state index in [1.165, 1.54) is 36.8 Å². The van der Waals surface area contributed by atoms with Crippen molar-refractivity contribution in [3.63, 3.8) is 0 Å². The molecule has 1 atom stereocenters. The van der Waals surface area contributed by atoms with E-state index >= 15 is 0 Å². The Morgan fingerprint density at radius 3 is 2.38 bits per heavy atom. The summed E-state index contributed by atoms with van der Waals surface area (Å²) in [5.74, 6) is 0.0518. The number of hydrogen-bond donors (Lipinski definition) is 2. The van der Waals surface area contributed by atoms with Gasteiger partial charge in [0.2, 0.25) is 0 Å². The monoisotopic (exact) mass is 557 g/mol. The lowest BCUT2D eigenvalue weighted by Gasteiger charge is -2.32. The second-order valence-electron chi connectivity index (χ2n) is 11.0. The molecule has 2 aromatic heterocycles. The number of anilines is 2. The molecule has 1 aliphatic rings. The topological polar surface area (TPSA) is 80.5 Å². The van der Waals surface area contributed by atoms with Gasteiger partial charge in [-0.3, -0.25) is 0 Å². The maximum Gasteiger partial charge on any atom is 0.413 e. The molecule has 2 aromatic carbocycles. The largest absolute Gasteiger partial charge is 0.413 e. The van der Waals surface area contributed by atoms with Gasteiger partial charge in [0.25, 0.3) is 0 Å². The third-order valence-electron chi connectivity index (χ3n) is 6.71. The first-order valence-electron chi connectivity index (χ1n) is 12.2. The highest BCUT2D eigenvalue weighted by molar-refractivity contribution is 6.35. The van der Waals surface area contributed by atoms with Crippen LogP contribution in [0.2, 0.25) is 5.02 Å². The predicted octanol–water partition coefficient (Wildman–Crippen LogP) is 6.00. The zero-order chi connectivity index (χ0) is 28.2. The summed E-state index contributed by atoms with van der Waals surface area (Å²) in [7, 11) is 6.84. The fourth-order valence-corrected chi connectivity index (χ4v) is 4.59. The first-order chi connectivity index (χ1) is 18.2. The number of halogens is 5. The molecule has 2 heterocycles. The first kappa shape index (κ1) is 27.2. The van der Waals surface area contributed by atoms with Gasteiger partial charge in [0.15, 0.2) is 5.54 Å². The van der Waals surface area contributed by atoms with E-state index in [2.05, 4.69) is 51.7 Å². The molecular weight excluding hydrogens is 533 g/mol. The van der Waals surface area contributed by atoms with Crippen LogP contribution in [0.1, 0.15) is 44.9 Å². The molecule has 2 N–H and O–H groups in total. The Hall–Kier alpha value is -3.41. The Balaban J connectivity index is 1.59. The molecule has 202 valence electrons. The molecule has 1 unspecified atom stereocenters. The molecule has 1 aliphatic carbocycles. The summed E-state index contributed by atoms with van der Waals surface area (Å²) in [6.07, 6.45) is -2.12. The van der Waals surface area contributed by atoms with Crippen LogP contribution < -0.4 is 10.6 Å². The summed E-state index contributed by atoms with van der Waals surface area (Å²) >= 11 is 6.58. The van der Waals surface area contributed by atoms with Gasteiger partial charge in [0, 0.05) is 17.6 Å². The van der Waals surface area contributed by atoms with Crippen molar-refractivity contribution in [2.45, 2.75) is 50.8 Å². The van der Waals surface area contributed by atoms with Gasteiger partial charge in [-0.15, -0.1) is 5.10 Å². The molecule has 2 radical (unpaired) electrons. The number of nitrogens with zero attached hydrogens (tertiary/aromatic N) is 5. The number of alkyl halides is 3. The van der Waals surface area contributed by atoms with Crippen LogP contribution in [0.5, 0.6) is 0 Å². The van der Waals surface area contributed by atoms with Gasteiger partial charge < -0.3 is 10.6 Å². The Kier molecular flexibility index (Phi) is 6.52. The van der Waals surface area contributed by atoms with E-state index in [9.17, 15) is 17.6 Å². The number of aromatic nitrogens is 5. The average molecular weight is 558 g/mol. The summed E-state index contributed by atoms with van der Waals surface area (Å²) in [4.78, 5) is 8.65. The van der Waals surface area contributed by atoms with Crippen molar-refractivity contribution in [1.29, 1.82) is 0 Å². The lowest BCUT2D eigenvalue weighted by Crippen LogP contribution is -2.38. The molecule has 5 rings (SSSR count). The number of nitrogens with one attached hydrogen (secondary N) is 2. The van der Waals surface area contributed by atoms with Crippen molar-refractivity contribution in [3.05, 3.63) is 71.0 Å². The summed E-state index contributed by atoms with van der Waals surface area (Å²) in [5, 5.41) is 15.2. The van der Waals surface area contributed by atoms with E-state index in [1.807, 2.05) is 0 Å². The summed E-state index contributed by atoms with van der Waals surface area (Å²) in [6, 6.07) is 8.60. The maximum absolute atomic E-state index is 13.8. The highest BCUT2D eigenvalue weighted by Crippen LogP contribution is 2.55. The van der Waals surface area contributed by atoms with Crippen molar-refractivity contribution in [2.24, 2.45) is 5.41 Å². The van der Waals surface area contributed by atoms with Crippen LogP contribution in [0.3, 0.4) is 0 Å². The van der Waals surface area contributed by atoms with E-state index < -0.39 is 23.0 Å². The van der Waals surface area contributed by atoms with Gasteiger partial charge in [-0.1, -0.05) is 49.7 Å². The first-order valence-corrected chi connectivity index (χ1v) is 12.6. The van der Waals surface area contributed by atoms with Crippen LogP contribution in [0.25, 0.3) is 10.9 Å². The second-order valence-corrected chi connectivity index (χ2v) is 11.4. The Labute approximate surface area is 228 Å². The summed E-state index contributed by atoms with van der Waals surface area (Å²) in [5.41, 5.74) is -2.56. The van der Waals surface area contributed by atoms with Gasteiger partial charge >= 0.3 is 6.18 Å². The molecule has 1 saturated carbocycles. The Bertz CT molecular complexity index is 1510. The number of hydrogen-bond acceptors (Lipinski definition) is 6. The lowest BCUT2D eigenvalue weighted by molar-refractivity contribution is -0.182. The fourth-order valence-electron chi connectivity index (χ4n) is 4.33. The standard InChI is InChI=1S/C26H25BClF4N7/c1-23(2,3)13-33-22-18-10-17(11-19(28)21(18)34-14-35-22)36-25(27,15-4-6-16(29)7-5-15)20-12-39(38-37-20)24(8-9-24)26(30,31)32/h4-7,10-12,14,36H,8-9,13H2,1-3H3,(H,33,34,35). The van der Waals surface area contributed by atoms with E-state index in [1.54, 1.807) is 12.1 Å². The van der Waals surface area contributed by atoms with Crippen molar-refractivity contribution < 1.29 is 17.6 Å². The van der Waals surface area contributed by atoms with Crippen LogP contribution in [0, 0.1) is 11.2 Å². The molecule has 0 aliphatic heterocycles. The highest BCUT2D eigenvalue weighted by atomic mass is 35.5. The Morgan fingerprint density at radius 2 is 1.77 bits per heavy atom. The van der Waals surface area contributed by atoms with Gasteiger partial charge in [0.05, 0.1) is 22.2 Å².